The van der Waals surface area contributed by atoms with Crippen LogP contribution in [0.15, 0.2) is 24.3 Å². The monoisotopic (exact) mass is 325 g/mol. The Bertz CT molecular complexity index is 637. The maximum atomic E-state index is 13.2. The van der Waals surface area contributed by atoms with Gasteiger partial charge in [0.05, 0.1) is 11.1 Å². The Labute approximate surface area is 134 Å². The summed E-state index contributed by atoms with van der Waals surface area (Å²) in [5.41, 5.74) is -0.935. The first-order valence-electron chi connectivity index (χ1n) is 7.98. The second kappa shape index (κ2) is 4.99. The van der Waals surface area contributed by atoms with Crippen LogP contribution in [0.2, 0.25) is 0 Å². The van der Waals surface area contributed by atoms with Crippen LogP contribution in [0.3, 0.4) is 0 Å². The third-order valence-corrected chi connectivity index (χ3v) is 5.14. The molecule has 3 rings (SSSR count). The number of likely N-dealkylation sites (tertiary alicyclic amines) is 1. The Morgan fingerprint density at radius 1 is 1.17 bits per heavy atom. The highest BCUT2D eigenvalue weighted by molar-refractivity contribution is 5.96. The van der Waals surface area contributed by atoms with Crippen molar-refractivity contribution < 1.29 is 18.0 Å². The molecular weight excluding hydrogens is 303 g/mol. The molecule has 126 valence electrons. The first-order chi connectivity index (χ1) is 10.5. The number of carbonyl (C=O) groups excluding carboxylic acids is 1. The highest BCUT2D eigenvalue weighted by Crippen LogP contribution is 2.52. The number of benzene rings is 1. The zero-order valence-electron chi connectivity index (χ0n) is 13.7. The van der Waals surface area contributed by atoms with Gasteiger partial charge in [0.25, 0.3) is 5.91 Å². The number of rotatable bonds is 1. The summed E-state index contributed by atoms with van der Waals surface area (Å²) >= 11 is 0. The molecule has 1 amide bonds. The first kappa shape index (κ1) is 16.3. The number of halogens is 3. The average Bonchev–Trinajstić information content (AvgIpc) is 2.66. The molecule has 2 unspecified atom stereocenters. The summed E-state index contributed by atoms with van der Waals surface area (Å²) in [6, 6.07) is 5.14. The largest absolute Gasteiger partial charge is 0.417 e. The fourth-order valence-corrected chi connectivity index (χ4v) is 4.77. The molecule has 2 aliphatic rings. The fraction of sp³-hybridized carbons (Fsp3) is 0.611. The van der Waals surface area contributed by atoms with E-state index in [-0.39, 0.29) is 22.4 Å². The molecule has 1 aliphatic carbocycles. The fourth-order valence-electron chi connectivity index (χ4n) is 4.77. The van der Waals surface area contributed by atoms with Crippen molar-refractivity contribution in [1.29, 1.82) is 0 Å². The van der Waals surface area contributed by atoms with Gasteiger partial charge in [0.2, 0.25) is 0 Å². The van der Waals surface area contributed by atoms with Gasteiger partial charge in [-0.05, 0) is 42.2 Å². The predicted octanol–water partition coefficient (Wildman–Crippen LogP) is 4.75. The lowest BCUT2D eigenvalue weighted by atomic mass is 9.65. The van der Waals surface area contributed by atoms with Crippen LogP contribution in [0.1, 0.15) is 56.0 Å². The summed E-state index contributed by atoms with van der Waals surface area (Å²) in [4.78, 5) is 14.5. The SMILES string of the molecule is CC1(C)CC2CC(C)(CN2C(=O)c2ccccc2C(F)(F)F)C1. The van der Waals surface area contributed by atoms with Crippen molar-refractivity contribution in [3.05, 3.63) is 35.4 Å². The second-order valence-corrected chi connectivity index (χ2v) is 8.19. The number of hydrogen-bond donors (Lipinski definition) is 0. The van der Waals surface area contributed by atoms with Crippen molar-refractivity contribution in [2.45, 2.75) is 52.3 Å². The quantitative estimate of drug-likeness (QED) is 0.730. The topological polar surface area (TPSA) is 20.3 Å². The summed E-state index contributed by atoms with van der Waals surface area (Å²) in [7, 11) is 0. The summed E-state index contributed by atoms with van der Waals surface area (Å²) < 4.78 is 39.6. The smallest absolute Gasteiger partial charge is 0.335 e. The van der Waals surface area contributed by atoms with E-state index in [1.807, 2.05) is 0 Å². The Hall–Kier alpha value is -1.52. The molecule has 0 spiro atoms. The van der Waals surface area contributed by atoms with Gasteiger partial charge in [-0.15, -0.1) is 0 Å². The van der Waals surface area contributed by atoms with Gasteiger partial charge in [0.1, 0.15) is 0 Å². The molecule has 1 saturated heterocycles. The molecule has 1 saturated carbocycles. The summed E-state index contributed by atoms with van der Waals surface area (Å²) in [5, 5.41) is 0. The van der Waals surface area contributed by atoms with Gasteiger partial charge in [-0.2, -0.15) is 13.2 Å². The van der Waals surface area contributed by atoms with Crippen LogP contribution in [0, 0.1) is 10.8 Å². The lowest BCUT2D eigenvalue weighted by molar-refractivity contribution is -0.138. The van der Waals surface area contributed by atoms with Gasteiger partial charge in [0, 0.05) is 12.6 Å². The molecule has 1 heterocycles. The van der Waals surface area contributed by atoms with Crippen molar-refractivity contribution in [2.24, 2.45) is 10.8 Å². The molecule has 0 radical (unpaired) electrons. The molecule has 2 bridgehead atoms. The Morgan fingerprint density at radius 2 is 1.83 bits per heavy atom. The van der Waals surface area contributed by atoms with Crippen molar-refractivity contribution in [3.63, 3.8) is 0 Å². The summed E-state index contributed by atoms with van der Waals surface area (Å²) in [6.07, 6.45) is -1.77. The van der Waals surface area contributed by atoms with Gasteiger partial charge in [-0.3, -0.25) is 4.79 Å². The molecule has 23 heavy (non-hydrogen) atoms. The number of nitrogens with zero attached hydrogens (tertiary/aromatic N) is 1. The van der Waals surface area contributed by atoms with Gasteiger partial charge in [-0.1, -0.05) is 32.9 Å². The highest BCUT2D eigenvalue weighted by atomic mass is 19.4. The number of amides is 1. The van der Waals surface area contributed by atoms with E-state index in [1.54, 1.807) is 4.90 Å². The van der Waals surface area contributed by atoms with E-state index >= 15 is 0 Å². The van der Waals surface area contributed by atoms with Gasteiger partial charge < -0.3 is 4.90 Å². The Morgan fingerprint density at radius 3 is 2.48 bits per heavy atom. The van der Waals surface area contributed by atoms with Gasteiger partial charge in [-0.25, -0.2) is 0 Å². The maximum Gasteiger partial charge on any atom is 0.417 e. The van der Waals surface area contributed by atoms with Crippen LogP contribution >= 0.6 is 0 Å². The van der Waals surface area contributed by atoms with Gasteiger partial charge >= 0.3 is 6.18 Å². The van der Waals surface area contributed by atoms with Crippen LogP contribution in [-0.4, -0.2) is 23.4 Å². The molecule has 1 aromatic rings. The van der Waals surface area contributed by atoms with Crippen LogP contribution in [0.5, 0.6) is 0 Å². The number of fused-ring (bicyclic) bond motifs is 2. The first-order valence-corrected chi connectivity index (χ1v) is 7.98. The standard InChI is InChI=1S/C18H22F3NO/c1-16(2)8-12-9-17(3,10-16)11-22(12)15(23)13-6-4-5-7-14(13)18(19,20)21/h4-7,12H,8-11H2,1-3H3. The maximum absolute atomic E-state index is 13.2. The molecule has 1 aromatic carbocycles. The molecule has 2 atom stereocenters. The van der Waals surface area contributed by atoms with E-state index in [2.05, 4.69) is 20.8 Å². The lowest BCUT2D eigenvalue weighted by Crippen LogP contribution is -2.38. The van der Waals surface area contributed by atoms with E-state index in [4.69, 9.17) is 0 Å². The zero-order chi connectivity index (χ0) is 17.0. The summed E-state index contributed by atoms with van der Waals surface area (Å²) in [6.45, 7) is 7.04. The normalized spacial score (nSPS) is 29.7. The van der Waals surface area contributed by atoms with E-state index in [0.29, 0.717) is 6.54 Å². The minimum Gasteiger partial charge on any atom is -0.335 e. The number of hydrogen-bond acceptors (Lipinski definition) is 1. The van der Waals surface area contributed by atoms with Crippen molar-refractivity contribution >= 4 is 5.91 Å². The van der Waals surface area contributed by atoms with E-state index < -0.39 is 17.6 Å². The molecular formula is C18H22F3NO. The molecule has 0 N–H and O–H groups in total. The van der Waals surface area contributed by atoms with Crippen molar-refractivity contribution in [3.8, 4) is 0 Å². The minimum atomic E-state index is -4.51. The predicted molar refractivity (Wildman–Crippen MR) is 82.0 cm³/mol. The molecule has 2 fully saturated rings. The third kappa shape index (κ3) is 2.98. The number of carbonyl (C=O) groups is 1. The van der Waals surface area contributed by atoms with Crippen LogP contribution in [0.4, 0.5) is 13.2 Å². The highest BCUT2D eigenvalue weighted by Gasteiger charge is 2.51. The lowest BCUT2D eigenvalue weighted by Gasteiger charge is -2.39. The summed E-state index contributed by atoms with van der Waals surface area (Å²) in [5.74, 6) is -0.482. The van der Waals surface area contributed by atoms with Crippen molar-refractivity contribution in [2.75, 3.05) is 6.54 Å². The third-order valence-electron chi connectivity index (χ3n) is 5.14. The Balaban J connectivity index is 1.94. The number of alkyl halides is 3. The molecule has 5 heteroatoms. The minimum absolute atomic E-state index is 0.00918. The van der Waals surface area contributed by atoms with Crippen molar-refractivity contribution in [1.82, 2.24) is 4.90 Å². The van der Waals surface area contributed by atoms with E-state index in [9.17, 15) is 18.0 Å². The second-order valence-electron chi connectivity index (χ2n) is 8.19. The van der Waals surface area contributed by atoms with E-state index in [0.717, 1.165) is 25.3 Å². The average molecular weight is 325 g/mol. The van der Waals surface area contributed by atoms with E-state index in [1.165, 1.54) is 18.2 Å². The van der Waals surface area contributed by atoms with Gasteiger partial charge in [0.15, 0.2) is 0 Å². The van der Waals surface area contributed by atoms with Crippen LogP contribution in [-0.2, 0) is 6.18 Å². The molecule has 0 aromatic heterocycles. The molecule has 2 nitrogen and oxygen atoms in total. The Kier molecular flexibility index (Phi) is 3.54. The molecule has 1 aliphatic heterocycles. The van der Waals surface area contributed by atoms with Crippen LogP contribution < -0.4 is 0 Å². The van der Waals surface area contributed by atoms with Crippen LogP contribution in [0.25, 0.3) is 0 Å². The zero-order valence-corrected chi connectivity index (χ0v) is 13.7.